The summed E-state index contributed by atoms with van der Waals surface area (Å²) in [6.07, 6.45) is 9.67. The quantitative estimate of drug-likeness (QED) is 0.507. The molecule has 37 heavy (non-hydrogen) atoms. The average Bonchev–Trinajstić information content (AvgIpc) is 3.27. The van der Waals surface area contributed by atoms with E-state index in [1.165, 1.54) is 31.9 Å². The molecule has 11 heteroatoms. The molecule has 1 saturated carbocycles. The third-order valence-electron chi connectivity index (χ3n) is 6.64. The van der Waals surface area contributed by atoms with Gasteiger partial charge in [-0.3, -0.25) is 4.79 Å². The Morgan fingerprint density at radius 1 is 1.32 bits per heavy atom. The molecule has 2 fully saturated rings. The van der Waals surface area contributed by atoms with Gasteiger partial charge in [-0.25, -0.2) is 13.8 Å². The molecule has 0 aromatic carbocycles. The molecule has 3 unspecified atom stereocenters. The predicted molar refractivity (Wildman–Crippen MR) is 137 cm³/mol. The number of pyridine rings is 1. The zero-order valence-corrected chi connectivity index (χ0v) is 21.2. The van der Waals surface area contributed by atoms with Gasteiger partial charge < -0.3 is 25.2 Å². The van der Waals surface area contributed by atoms with E-state index in [0.717, 1.165) is 42.8 Å². The second-order valence-electron chi connectivity index (χ2n) is 9.48. The molecule has 0 bridgehead atoms. The minimum Gasteiger partial charge on any atom is -0.400 e. The number of nitrogens with zero attached hydrogens (tertiary/aromatic N) is 4. The summed E-state index contributed by atoms with van der Waals surface area (Å²) in [5, 5.41) is 9.42. The molecule has 0 radical (unpaired) electrons. The lowest BCUT2D eigenvalue weighted by molar-refractivity contribution is -0.107. The lowest BCUT2D eigenvalue weighted by Crippen LogP contribution is -2.37. The highest BCUT2D eigenvalue weighted by atomic mass is 19.2. The molecule has 200 valence electrons. The molecule has 2 aromatic heterocycles. The first-order chi connectivity index (χ1) is 17.8. The van der Waals surface area contributed by atoms with Crippen molar-refractivity contribution in [3.63, 3.8) is 0 Å². The van der Waals surface area contributed by atoms with Gasteiger partial charge in [0.1, 0.15) is 17.9 Å². The summed E-state index contributed by atoms with van der Waals surface area (Å²) in [5.41, 5.74) is 7.33. The van der Waals surface area contributed by atoms with Gasteiger partial charge in [-0.1, -0.05) is 25.0 Å². The number of nitrogens with one attached hydrogen (secondary N) is 1. The van der Waals surface area contributed by atoms with Crippen LogP contribution in [0.1, 0.15) is 63.1 Å². The van der Waals surface area contributed by atoms with Crippen LogP contribution in [-0.2, 0) is 4.79 Å². The van der Waals surface area contributed by atoms with Crippen LogP contribution in [-0.4, -0.2) is 47.0 Å². The van der Waals surface area contributed by atoms with Gasteiger partial charge in [0, 0.05) is 31.6 Å². The van der Waals surface area contributed by atoms with Crippen molar-refractivity contribution in [2.24, 2.45) is 11.3 Å². The molecule has 0 amide bonds. The van der Waals surface area contributed by atoms with E-state index in [4.69, 9.17) is 10.2 Å². The number of nitrogens with two attached hydrogens (primary N) is 1. The summed E-state index contributed by atoms with van der Waals surface area (Å²) in [6.45, 7) is 6.69. The maximum Gasteiger partial charge on any atom is 0.320 e. The number of allylic oxidation sites excluding steroid dienone is 3. The van der Waals surface area contributed by atoms with Gasteiger partial charge in [0.15, 0.2) is 6.17 Å². The summed E-state index contributed by atoms with van der Waals surface area (Å²) in [5.74, 6) is 0.948. The Labute approximate surface area is 215 Å². The minimum absolute atomic E-state index is 0.0466. The van der Waals surface area contributed by atoms with Crippen LogP contribution < -0.4 is 16.0 Å². The first-order valence-electron chi connectivity index (χ1n) is 12.5. The number of aldehydes is 2. The van der Waals surface area contributed by atoms with Gasteiger partial charge in [-0.05, 0) is 55.2 Å². The van der Waals surface area contributed by atoms with Crippen molar-refractivity contribution in [2.75, 3.05) is 29.0 Å². The number of hydrogen-bond donors (Lipinski definition) is 2. The number of nitrogen functional groups attached to an aromatic ring is 1. The SMILES string of the molecule is CC1CC12CCCN(c1ccc(N)cn1)C2.CCCC=O.O=Cc1nnc(NC2=CCC(F)C(F)=C2)o1. The monoisotopic (exact) mass is 516 g/mol. The van der Waals surface area contributed by atoms with Crippen LogP contribution in [0.2, 0.25) is 0 Å². The molecular formula is C26H34F2N6O3. The summed E-state index contributed by atoms with van der Waals surface area (Å²) in [4.78, 5) is 26.5. The second kappa shape index (κ2) is 13.1. The molecular weight excluding hydrogens is 482 g/mol. The van der Waals surface area contributed by atoms with E-state index in [-0.39, 0.29) is 18.3 Å². The third-order valence-corrected chi connectivity index (χ3v) is 6.64. The van der Waals surface area contributed by atoms with Crippen molar-refractivity contribution in [1.29, 1.82) is 0 Å². The normalized spacial score (nSPS) is 23.9. The van der Waals surface area contributed by atoms with Crippen molar-refractivity contribution in [3.05, 3.63) is 47.9 Å². The molecule has 1 saturated heterocycles. The highest BCUT2D eigenvalue weighted by Gasteiger charge is 2.52. The zero-order chi connectivity index (χ0) is 26.8. The van der Waals surface area contributed by atoms with Crippen molar-refractivity contribution in [3.8, 4) is 0 Å². The van der Waals surface area contributed by atoms with Crippen LogP contribution in [0.25, 0.3) is 0 Å². The second-order valence-corrected chi connectivity index (χ2v) is 9.48. The Hall–Kier alpha value is -3.63. The smallest absolute Gasteiger partial charge is 0.320 e. The maximum atomic E-state index is 12.9. The molecule has 2 aromatic rings. The van der Waals surface area contributed by atoms with Gasteiger partial charge in [0.2, 0.25) is 6.29 Å². The molecule has 5 rings (SSSR count). The van der Waals surface area contributed by atoms with Gasteiger partial charge in [-0.15, -0.1) is 5.10 Å². The van der Waals surface area contributed by atoms with Crippen LogP contribution in [0, 0.1) is 11.3 Å². The Kier molecular flexibility index (Phi) is 9.87. The summed E-state index contributed by atoms with van der Waals surface area (Å²) < 4.78 is 30.4. The van der Waals surface area contributed by atoms with Crippen LogP contribution in [0.3, 0.4) is 0 Å². The molecule has 2 aliphatic carbocycles. The molecule has 1 spiro atoms. The van der Waals surface area contributed by atoms with Crippen LogP contribution in [0.5, 0.6) is 0 Å². The van der Waals surface area contributed by atoms with Gasteiger partial charge in [-0.2, -0.15) is 0 Å². The van der Waals surface area contributed by atoms with E-state index in [2.05, 4.69) is 32.3 Å². The summed E-state index contributed by atoms with van der Waals surface area (Å²) in [6, 6.07) is 3.94. The fraction of sp³-hybridized carbons (Fsp3) is 0.500. The van der Waals surface area contributed by atoms with Gasteiger partial charge in [0.05, 0.1) is 11.9 Å². The average molecular weight is 517 g/mol. The van der Waals surface area contributed by atoms with Gasteiger partial charge >= 0.3 is 6.01 Å². The Morgan fingerprint density at radius 2 is 2.11 bits per heavy atom. The number of unbranched alkanes of at least 4 members (excludes halogenated alkanes) is 1. The van der Waals surface area contributed by atoms with Crippen LogP contribution in [0.15, 0.2) is 46.4 Å². The van der Waals surface area contributed by atoms with E-state index in [9.17, 15) is 18.4 Å². The molecule has 3 N–H and O–H groups in total. The van der Waals surface area contributed by atoms with Crippen molar-refractivity contribution in [1.82, 2.24) is 15.2 Å². The van der Waals surface area contributed by atoms with Crippen LogP contribution in [0.4, 0.5) is 26.3 Å². The van der Waals surface area contributed by atoms with Gasteiger partial charge in [0.25, 0.3) is 5.89 Å². The number of aromatic nitrogens is 3. The number of rotatable bonds is 6. The van der Waals surface area contributed by atoms with E-state index in [1.54, 1.807) is 6.20 Å². The number of anilines is 3. The number of carbonyl (C=O) groups is 2. The number of alkyl halides is 1. The first-order valence-corrected chi connectivity index (χ1v) is 12.5. The van der Waals surface area contributed by atoms with Crippen molar-refractivity contribution < 1.29 is 22.8 Å². The number of carbonyl (C=O) groups excluding carboxylic acids is 2. The minimum atomic E-state index is -1.60. The standard InChI is InChI=1S/C13H19N3.C9H7F2N3O2.C4H8O/c1-10-7-13(10)5-2-6-16(9-13)12-4-3-11(14)8-15-12;10-6-2-1-5(3-7(6)11)12-9-14-13-8(4-15)16-9;1-2-3-4-5/h3-4,8,10H,2,5-7,9,14H2,1H3;1,3-4,6H,2H2,(H,12,14);4H,2-3H2,1H3. The van der Waals surface area contributed by atoms with E-state index < -0.39 is 12.0 Å². The van der Waals surface area contributed by atoms with Crippen LogP contribution >= 0.6 is 0 Å². The molecule has 3 heterocycles. The highest BCUT2D eigenvalue weighted by molar-refractivity contribution is 5.67. The zero-order valence-electron chi connectivity index (χ0n) is 21.2. The number of piperidine rings is 1. The molecule has 3 atom stereocenters. The lowest BCUT2D eigenvalue weighted by atomic mass is 9.92. The van der Waals surface area contributed by atoms with E-state index >= 15 is 0 Å². The highest BCUT2D eigenvalue weighted by Crippen LogP contribution is 2.57. The predicted octanol–water partition coefficient (Wildman–Crippen LogP) is 5.05. The molecule has 9 nitrogen and oxygen atoms in total. The molecule has 1 aliphatic heterocycles. The first kappa shape index (κ1) is 27.9. The topological polar surface area (TPSA) is 127 Å². The number of hydrogen-bond acceptors (Lipinski definition) is 9. The Morgan fingerprint density at radius 3 is 2.65 bits per heavy atom. The third kappa shape index (κ3) is 7.93. The Balaban J connectivity index is 0.000000175. The molecule has 3 aliphatic rings. The lowest BCUT2D eigenvalue weighted by Gasteiger charge is -2.34. The maximum absolute atomic E-state index is 12.9. The largest absolute Gasteiger partial charge is 0.400 e. The summed E-state index contributed by atoms with van der Waals surface area (Å²) in [7, 11) is 0. The van der Waals surface area contributed by atoms with Crippen molar-refractivity contribution in [2.45, 2.75) is 58.5 Å². The fourth-order valence-corrected chi connectivity index (χ4v) is 4.36. The van der Waals surface area contributed by atoms with E-state index in [0.29, 0.717) is 23.8 Å². The summed E-state index contributed by atoms with van der Waals surface area (Å²) >= 11 is 0. The number of halogens is 2. The van der Waals surface area contributed by atoms with Crippen molar-refractivity contribution >= 4 is 30.1 Å². The van der Waals surface area contributed by atoms with E-state index in [1.807, 2.05) is 19.1 Å². The fourth-order valence-electron chi connectivity index (χ4n) is 4.36. The Bertz CT molecular complexity index is 1100.